The van der Waals surface area contributed by atoms with E-state index in [-0.39, 0.29) is 11.8 Å². The van der Waals surface area contributed by atoms with E-state index in [1.54, 1.807) is 4.90 Å². The molecule has 2 rings (SSSR count). The molecule has 1 aliphatic rings. The van der Waals surface area contributed by atoms with Crippen molar-refractivity contribution in [3.05, 3.63) is 16.5 Å². The first-order valence-electron chi connectivity index (χ1n) is 4.26. The molecule has 1 aromatic rings. The maximum atomic E-state index is 10.8. The van der Waals surface area contributed by atoms with Gasteiger partial charge in [0, 0.05) is 13.1 Å². The molecule has 1 aliphatic heterocycles. The number of hydrogen-bond acceptors (Lipinski definition) is 5. The van der Waals surface area contributed by atoms with Crippen LogP contribution in [0.1, 0.15) is 10.5 Å². The highest BCUT2D eigenvalue weighted by molar-refractivity contribution is 9.10. The minimum absolute atomic E-state index is 0.0682. The Labute approximate surface area is 93.7 Å². The van der Waals surface area contributed by atoms with E-state index >= 15 is 0 Å². The minimum atomic E-state index is -1.11. The fourth-order valence-corrected chi connectivity index (χ4v) is 1.98. The van der Waals surface area contributed by atoms with Gasteiger partial charge >= 0.3 is 5.97 Å². The van der Waals surface area contributed by atoms with Gasteiger partial charge in [-0.15, -0.1) is 0 Å². The highest BCUT2D eigenvalue weighted by Gasteiger charge is 2.28. The molecule has 80 valence electrons. The number of aliphatic hydroxyl groups is 1. The Hall–Kier alpha value is -1.21. The fraction of sp³-hybridized carbons (Fsp3) is 0.375. The highest BCUT2D eigenvalue weighted by Crippen LogP contribution is 2.28. The molecule has 0 saturated carbocycles. The molecule has 0 aromatic carbocycles. The van der Waals surface area contributed by atoms with Crippen LogP contribution in [0.3, 0.4) is 0 Å². The lowest BCUT2D eigenvalue weighted by atomic mass is 10.2. The van der Waals surface area contributed by atoms with Crippen molar-refractivity contribution in [1.29, 1.82) is 0 Å². The van der Waals surface area contributed by atoms with E-state index in [9.17, 15) is 4.79 Å². The predicted molar refractivity (Wildman–Crippen MR) is 54.9 cm³/mol. The lowest BCUT2D eigenvalue weighted by Crippen LogP contribution is -2.51. The van der Waals surface area contributed by atoms with Gasteiger partial charge < -0.3 is 15.1 Å². The van der Waals surface area contributed by atoms with Crippen LogP contribution in [0.2, 0.25) is 0 Å². The Bertz CT molecular complexity index is 406. The van der Waals surface area contributed by atoms with Gasteiger partial charge in [-0.25, -0.2) is 14.8 Å². The maximum absolute atomic E-state index is 10.8. The zero-order valence-electron chi connectivity index (χ0n) is 7.59. The number of β-amino-alcohol motifs (C(OH)–C–C–N with tert-alkyl or cyclic N) is 1. The first-order valence-corrected chi connectivity index (χ1v) is 5.05. The van der Waals surface area contributed by atoms with Gasteiger partial charge in [0.25, 0.3) is 0 Å². The van der Waals surface area contributed by atoms with E-state index in [0.717, 1.165) is 0 Å². The number of aromatic nitrogens is 2. The van der Waals surface area contributed by atoms with E-state index in [2.05, 4.69) is 25.9 Å². The summed E-state index contributed by atoms with van der Waals surface area (Å²) in [4.78, 5) is 20.2. The maximum Gasteiger partial charge on any atom is 0.355 e. The topological polar surface area (TPSA) is 86.5 Å². The van der Waals surface area contributed by atoms with Gasteiger partial charge in [-0.1, -0.05) is 0 Å². The minimum Gasteiger partial charge on any atom is -0.476 e. The lowest BCUT2D eigenvalue weighted by Gasteiger charge is -2.37. The molecule has 15 heavy (non-hydrogen) atoms. The third-order valence-electron chi connectivity index (χ3n) is 2.14. The zero-order chi connectivity index (χ0) is 11.0. The van der Waals surface area contributed by atoms with Gasteiger partial charge in [0.2, 0.25) is 0 Å². The SMILES string of the molecule is O=C(O)c1ncnc(N2CC(O)C2)c1Br. The average molecular weight is 274 g/mol. The van der Waals surface area contributed by atoms with Crippen LogP contribution < -0.4 is 4.90 Å². The summed E-state index contributed by atoms with van der Waals surface area (Å²) in [6.07, 6.45) is 0.842. The van der Waals surface area contributed by atoms with Crippen molar-refractivity contribution in [3.63, 3.8) is 0 Å². The van der Waals surface area contributed by atoms with Gasteiger partial charge in [0.1, 0.15) is 12.1 Å². The number of carbonyl (C=O) groups is 1. The van der Waals surface area contributed by atoms with Crippen molar-refractivity contribution in [2.24, 2.45) is 0 Å². The first-order chi connectivity index (χ1) is 7.09. The number of carboxylic acid groups (broad SMARTS) is 1. The molecule has 2 heterocycles. The summed E-state index contributed by atoms with van der Waals surface area (Å²) in [5.74, 6) is -0.598. The Kier molecular flexibility index (Phi) is 2.57. The fourth-order valence-electron chi connectivity index (χ4n) is 1.36. The third kappa shape index (κ3) is 1.80. The van der Waals surface area contributed by atoms with Crippen molar-refractivity contribution in [1.82, 2.24) is 9.97 Å². The number of aromatic carboxylic acids is 1. The standard InChI is InChI=1S/C8H8BrN3O3/c9-5-6(8(14)15)10-3-11-7(5)12-1-4(13)2-12/h3-4,13H,1-2H2,(H,14,15). The summed E-state index contributed by atoms with van der Waals surface area (Å²) in [5.41, 5.74) is -0.0682. The second kappa shape index (κ2) is 3.74. The quantitative estimate of drug-likeness (QED) is 0.796. The molecule has 0 aliphatic carbocycles. The number of aliphatic hydroxyl groups excluding tert-OH is 1. The number of anilines is 1. The summed E-state index contributed by atoms with van der Waals surface area (Å²) < 4.78 is 0.351. The lowest BCUT2D eigenvalue weighted by molar-refractivity contribution is 0.0689. The van der Waals surface area contributed by atoms with Crippen LogP contribution in [-0.2, 0) is 0 Å². The van der Waals surface area contributed by atoms with Gasteiger partial charge in [0.05, 0.1) is 10.6 Å². The molecule has 0 radical (unpaired) electrons. The van der Waals surface area contributed by atoms with Gasteiger partial charge in [-0.3, -0.25) is 0 Å². The van der Waals surface area contributed by atoms with Crippen molar-refractivity contribution in [2.45, 2.75) is 6.10 Å². The largest absolute Gasteiger partial charge is 0.476 e. The molecular weight excluding hydrogens is 266 g/mol. The Morgan fingerprint density at radius 3 is 2.73 bits per heavy atom. The number of rotatable bonds is 2. The van der Waals surface area contributed by atoms with Crippen molar-refractivity contribution in [3.8, 4) is 0 Å². The molecule has 6 nitrogen and oxygen atoms in total. The molecule has 0 amide bonds. The van der Waals surface area contributed by atoms with Gasteiger partial charge in [0.15, 0.2) is 5.69 Å². The van der Waals surface area contributed by atoms with Crippen LogP contribution in [0.15, 0.2) is 10.8 Å². The normalized spacial score (nSPS) is 16.3. The van der Waals surface area contributed by atoms with Crippen LogP contribution in [-0.4, -0.2) is 45.3 Å². The average Bonchev–Trinajstić information content (AvgIpc) is 2.13. The Morgan fingerprint density at radius 1 is 1.53 bits per heavy atom. The van der Waals surface area contributed by atoms with Crippen LogP contribution in [0.25, 0.3) is 0 Å². The van der Waals surface area contributed by atoms with Crippen molar-refractivity contribution < 1.29 is 15.0 Å². The van der Waals surface area contributed by atoms with E-state index in [0.29, 0.717) is 23.4 Å². The molecule has 0 atom stereocenters. The van der Waals surface area contributed by atoms with E-state index in [1.807, 2.05) is 0 Å². The van der Waals surface area contributed by atoms with Crippen LogP contribution in [0.4, 0.5) is 5.82 Å². The molecule has 1 aromatic heterocycles. The molecule has 1 saturated heterocycles. The number of hydrogen-bond donors (Lipinski definition) is 2. The van der Waals surface area contributed by atoms with Crippen LogP contribution in [0.5, 0.6) is 0 Å². The Morgan fingerprint density at radius 2 is 2.20 bits per heavy atom. The summed E-state index contributed by atoms with van der Waals surface area (Å²) in [6.45, 7) is 0.934. The molecule has 7 heteroatoms. The van der Waals surface area contributed by atoms with E-state index < -0.39 is 5.97 Å². The third-order valence-corrected chi connectivity index (χ3v) is 2.87. The summed E-state index contributed by atoms with van der Waals surface area (Å²) in [6, 6.07) is 0. The monoisotopic (exact) mass is 273 g/mol. The second-order valence-corrected chi connectivity index (χ2v) is 4.02. The molecule has 0 spiro atoms. The molecule has 1 fully saturated rings. The van der Waals surface area contributed by atoms with Crippen LogP contribution >= 0.6 is 15.9 Å². The van der Waals surface area contributed by atoms with Gasteiger partial charge in [-0.2, -0.15) is 0 Å². The first kappa shape index (κ1) is 10.3. The molecule has 0 unspecified atom stereocenters. The number of halogens is 1. The zero-order valence-corrected chi connectivity index (χ0v) is 9.18. The summed E-state index contributed by atoms with van der Waals surface area (Å²) >= 11 is 3.15. The molecule has 2 N–H and O–H groups in total. The van der Waals surface area contributed by atoms with E-state index in [1.165, 1.54) is 6.33 Å². The molecular formula is C8H8BrN3O3. The molecule has 0 bridgehead atoms. The number of nitrogens with zero attached hydrogens (tertiary/aromatic N) is 3. The summed E-state index contributed by atoms with van der Waals surface area (Å²) in [7, 11) is 0. The second-order valence-electron chi connectivity index (χ2n) is 3.22. The summed E-state index contributed by atoms with van der Waals surface area (Å²) in [5, 5.41) is 18.0. The van der Waals surface area contributed by atoms with Crippen LogP contribution in [0, 0.1) is 0 Å². The highest BCUT2D eigenvalue weighted by atomic mass is 79.9. The van der Waals surface area contributed by atoms with Crippen molar-refractivity contribution >= 4 is 27.7 Å². The number of carboxylic acids is 1. The van der Waals surface area contributed by atoms with E-state index in [4.69, 9.17) is 10.2 Å². The predicted octanol–water partition coefficient (Wildman–Crippen LogP) is 0.118. The van der Waals surface area contributed by atoms with Gasteiger partial charge in [-0.05, 0) is 15.9 Å². The van der Waals surface area contributed by atoms with Crippen molar-refractivity contribution in [2.75, 3.05) is 18.0 Å². The Balaban J connectivity index is 2.32. The smallest absolute Gasteiger partial charge is 0.355 e.